The van der Waals surface area contributed by atoms with Gasteiger partial charge in [-0.2, -0.15) is 0 Å². The number of rotatable bonds is 7. The third kappa shape index (κ3) is 4.42. The number of nitrogen functional groups attached to an aromatic ring is 1. The summed E-state index contributed by atoms with van der Waals surface area (Å²) >= 11 is 0. The first kappa shape index (κ1) is 16.3. The monoisotopic (exact) mass is 280 g/mol. The molecule has 0 fully saturated rings. The summed E-state index contributed by atoms with van der Waals surface area (Å²) in [6.45, 7) is 7.13. The van der Waals surface area contributed by atoms with Crippen molar-refractivity contribution in [3.05, 3.63) is 23.8 Å². The summed E-state index contributed by atoms with van der Waals surface area (Å²) in [6, 6.07) is 4.97. The van der Waals surface area contributed by atoms with Crippen LogP contribution in [0.1, 0.15) is 31.1 Å². The summed E-state index contributed by atoms with van der Waals surface area (Å²) in [5.74, 6) is 0.584. The second-order valence-corrected chi connectivity index (χ2v) is 4.94. The van der Waals surface area contributed by atoms with Crippen molar-refractivity contribution in [2.45, 2.75) is 26.8 Å². The first-order valence-electron chi connectivity index (χ1n) is 6.81. The van der Waals surface area contributed by atoms with Gasteiger partial charge in [-0.3, -0.25) is 4.79 Å². The molecular formula is C15H24N2O3. The van der Waals surface area contributed by atoms with Gasteiger partial charge in [-0.1, -0.05) is 13.8 Å². The van der Waals surface area contributed by atoms with Crippen LogP contribution in [-0.4, -0.2) is 32.3 Å². The van der Waals surface area contributed by atoms with Crippen molar-refractivity contribution in [3.8, 4) is 5.75 Å². The SMILES string of the molecule is CCOCC(NC(=O)c1cc(N)ccc1OC)C(C)C. The van der Waals surface area contributed by atoms with Gasteiger partial charge in [0.25, 0.3) is 5.91 Å². The molecule has 0 radical (unpaired) electrons. The van der Waals surface area contributed by atoms with E-state index >= 15 is 0 Å². The Kier molecular flexibility index (Phi) is 6.31. The minimum Gasteiger partial charge on any atom is -0.496 e. The van der Waals surface area contributed by atoms with Crippen LogP contribution < -0.4 is 15.8 Å². The molecule has 1 atom stereocenters. The van der Waals surface area contributed by atoms with E-state index in [0.29, 0.717) is 30.2 Å². The van der Waals surface area contributed by atoms with Gasteiger partial charge in [-0.05, 0) is 31.0 Å². The van der Waals surface area contributed by atoms with Crippen molar-refractivity contribution in [3.63, 3.8) is 0 Å². The van der Waals surface area contributed by atoms with E-state index in [4.69, 9.17) is 15.2 Å². The lowest BCUT2D eigenvalue weighted by Gasteiger charge is -2.22. The Bertz CT molecular complexity index is 447. The lowest BCUT2D eigenvalue weighted by atomic mass is 10.0. The zero-order chi connectivity index (χ0) is 15.1. The molecule has 1 unspecified atom stereocenters. The van der Waals surface area contributed by atoms with Gasteiger partial charge in [0.15, 0.2) is 0 Å². The molecule has 0 aliphatic rings. The van der Waals surface area contributed by atoms with Crippen LogP contribution in [0.25, 0.3) is 0 Å². The molecule has 0 heterocycles. The normalized spacial score (nSPS) is 12.2. The lowest BCUT2D eigenvalue weighted by molar-refractivity contribution is 0.0804. The van der Waals surface area contributed by atoms with E-state index in [1.54, 1.807) is 18.2 Å². The van der Waals surface area contributed by atoms with Gasteiger partial charge in [0.1, 0.15) is 5.75 Å². The largest absolute Gasteiger partial charge is 0.496 e. The smallest absolute Gasteiger partial charge is 0.255 e. The Morgan fingerprint density at radius 2 is 2.10 bits per heavy atom. The van der Waals surface area contributed by atoms with Crippen molar-refractivity contribution in [1.82, 2.24) is 5.32 Å². The van der Waals surface area contributed by atoms with E-state index < -0.39 is 0 Å². The average Bonchev–Trinajstić information content (AvgIpc) is 2.42. The number of nitrogens with one attached hydrogen (secondary N) is 1. The van der Waals surface area contributed by atoms with Crippen LogP contribution >= 0.6 is 0 Å². The number of hydrogen-bond acceptors (Lipinski definition) is 4. The number of ether oxygens (including phenoxy) is 2. The van der Waals surface area contributed by atoms with Gasteiger partial charge in [0, 0.05) is 12.3 Å². The number of methoxy groups -OCH3 is 1. The molecule has 5 nitrogen and oxygen atoms in total. The van der Waals surface area contributed by atoms with Crippen molar-refractivity contribution >= 4 is 11.6 Å². The number of anilines is 1. The van der Waals surface area contributed by atoms with Crippen LogP contribution in [0, 0.1) is 5.92 Å². The molecule has 112 valence electrons. The molecule has 0 saturated heterocycles. The lowest BCUT2D eigenvalue weighted by Crippen LogP contribution is -2.42. The molecule has 0 aliphatic carbocycles. The summed E-state index contributed by atoms with van der Waals surface area (Å²) < 4.78 is 10.6. The summed E-state index contributed by atoms with van der Waals surface area (Å²) in [5, 5.41) is 2.97. The van der Waals surface area contributed by atoms with Crippen LogP contribution in [0.5, 0.6) is 5.75 Å². The van der Waals surface area contributed by atoms with Gasteiger partial charge < -0.3 is 20.5 Å². The van der Waals surface area contributed by atoms with E-state index in [1.165, 1.54) is 7.11 Å². The van der Waals surface area contributed by atoms with Crippen molar-refractivity contribution in [2.75, 3.05) is 26.1 Å². The summed E-state index contributed by atoms with van der Waals surface area (Å²) in [4.78, 5) is 12.4. The van der Waals surface area contributed by atoms with Crippen LogP contribution in [0.3, 0.4) is 0 Å². The van der Waals surface area contributed by atoms with Gasteiger partial charge in [-0.25, -0.2) is 0 Å². The summed E-state index contributed by atoms with van der Waals surface area (Å²) in [7, 11) is 1.53. The second kappa shape index (κ2) is 7.75. The van der Waals surface area contributed by atoms with Crippen LogP contribution in [0.15, 0.2) is 18.2 Å². The topological polar surface area (TPSA) is 73.6 Å². The predicted molar refractivity (Wildman–Crippen MR) is 80.0 cm³/mol. The molecule has 1 aromatic rings. The van der Waals surface area contributed by atoms with Gasteiger partial charge in [0.05, 0.1) is 25.3 Å². The van der Waals surface area contributed by atoms with E-state index in [0.717, 1.165) is 0 Å². The maximum absolute atomic E-state index is 12.4. The van der Waals surface area contributed by atoms with E-state index in [1.807, 2.05) is 20.8 Å². The molecule has 1 amide bonds. The molecule has 0 aliphatic heterocycles. The maximum Gasteiger partial charge on any atom is 0.255 e. The fourth-order valence-corrected chi connectivity index (χ4v) is 1.79. The number of benzene rings is 1. The highest BCUT2D eigenvalue weighted by Crippen LogP contribution is 2.21. The van der Waals surface area contributed by atoms with E-state index in [2.05, 4.69) is 5.32 Å². The fourth-order valence-electron chi connectivity index (χ4n) is 1.79. The second-order valence-electron chi connectivity index (χ2n) is 4.94. The maximum atomic E-state index is 12.4. The summed E-state index contributed by atoms with van der Waals surface area (Å²) in [5.41, 5.74) is 6.70. The highest BCUT2D eigenvalue weighted by atomic mass is 16.5. The highest BCUT2D eigenvalue weighted by Gasteiger charge is 2.19. The zero-order valence-electron chi connectivity index (χ0n) is 12.6. The third-order valence-corrected chi connectivity index (χ3v) is 3.09. The average molecular weight is 280 g/mol. The standard InChI is InChI=1S/C15H24N2O3/c1-5-20-9-13(10(2)3)17-15(18)12-8-11(16)6-7-14(12)19-4/h6-8,10,13H,5,9,16H2,1-4H3,(H,17,18). The van der Waals surface area contributed by atoms with Crippen LogP contribution in [0.2, 0.25) is 0 Å². The number of nitrogens with two attached hydrogens (primary N) is 1. The van der Waals surface area contributed by atoms with Gasteiger partial charge in [0.2, 0.25) is 0 Å². The molecule has 1 aromatic carbocycles. The fraction of sp³-hybridized carbons (Fsp3) is 0.533. The Balaban J connectivity index is 2.85. The Morgan fingerprint density at radius 1 is 1.40 bits per heavy atom. The molecule has 5 heteroatoms. The Morgan fingerprint density at radius 3 is 2.65 bits per heavy atom. The first-order valence-corrected chi connectivity index (χ1v) is 6.81. The van der Waals surface area contributed by atoms with Crippen molar-refractivity contribution < 1.29 is 14.3 Å². The molecule has 0 aromatic heterocycles. The number of hydrogen-bond donors (Lipinski definition) is 2. The van der Waals surface area contributed by atoms with Crippen molar-refractivity contribution in [1.29, 1.82) is 0 Å². The zero-order valence-corrected chi connectivity index (χ0v) is 12.6. The quantitative estimate of drug-likeness (QED) is 0.750. The third-order valence-electron chi connectivity index (χ3n) is 3.09. The van der Waals surface area contributed by atoms with E-state index in [9.17, 15) is 4.79 Å². The minimum absolute atomic E-state index is 0.0476. The van der Waals surface area contributed by atoms with Crippen molar-refractivity contribution in [2.24, 2.45) is 5.92 Å². The Hall–Kier alpha value is -1.75. The molecule has 1 rings (SSSR count). The predicted octanol–water partition coefficient (Wildman–Crippen LogP) is 2.07. The minimum atomic E-state index is -0.201. The summed E-state index contributed by atoms with van der Waals surface area (Å²) in [6.07, 6.45) is 0. The molecule has 20 heavy (non-hydrogen) atoms. The number of carbonyl (C=O) groups excluding carboxylic acids is 1. The molecule has 3 N–H and O–H groups in total. The number of carbonyl (C=O) groups is 1. The molecule has 0 saturated carbocycles. The first-order chi connectivity index (χ1) is 9.49. The van der Waals surface area contributed by atoms with Crippen LogP contribution in [0.4, 0.5) is 5.69 Å². The van der Waals surface area contributed by atoms with E-state index in [-0.39, 0.29) is 17.9 Å². The van der Waals surface area contributed by atoms with Crippen LogP contribution in [-0.2, 0) is 4.74 Å². The molecular weight excluding hydrogens is 256 g/mol. The van der Waals surface area contributed by atoms with Gasteiger partial charge in [-0.15, -0.1) is 0 Å². The number of amides is 1. The molecule has 0 bridgehead atoms. The highest BCUT2D eigenvalue weighted by molar-refractivity contribution is 5.98. The molecule has 0 spiro atoms. The van der Waals surface area contributed by atoms with Gasteiger partial charge >= 0.3 is 0 Å². The Labute approximate surface area is 120 Å².